The fourth-order valence-corrected chi connectivity index (χ4v) is 3.22. The van der Waals surface area contributed by atoms with E-state index in [1.807, 2.05) is 6.92 Å². The summed E-state index contributed by atoms with van der Waals surface area (Å²) in [6, 6.07) is 0. The second-order valence-electron chi connectivity index (χ2n) is 6.04. The fraction of sp³-hybridized carbons (Fsp3) is 0.941. The Bertz CT molecular complexity index is 247. The normalized spacial score (nSPS) is 13.6. The molecule has 0 radical (unpaired) electrons. The number of halogens is 1. The van der Waals surface area contributed by atoms with E-state index in [0.717, 1.165) is 19.3 Å². The number of ether oxygens (including phenoxy) is 1. The second kappa shape index (κ2) is 15.2. The van der Waals surface area contributed by atoms with Crippen molar-refractivity contribution in [2.24, 2.45) is 0 Å². The van der Waals surface area contributed by atoms with E-state index < -0.39 is 14.7 Å². The van der Waals surface area contributed by atoms with Gasteiger partial charge in [0.1, 0.15) is 0 Å². The quantitative estimate of drug-likeness (QED) is 0.234. The summed E-state index contributed by atoms with van der Waals surface area (Å²) >= 11 is -0.986. The molecule has 0 rings (SSSR count). The molecule has 4 heteroatoms. The summed E-state index contributed by atoms with van der Waals surface area (Å²) in [6.07, 6.45) is 11.2. The smallest absolute Gasteiger partial charge is 0.147 e. The Balaban J connectivity index is 0. The number of unbranched alkanes of at least 4 members (excludes halogenated alkanes) is 5. The molecule has 0 N–H and O–H groups in total. The van der Waals surface area contributed by atoms with Gasteiger partial charge in [-0.15, -0.1) is 12.4 Å². The Morgan fingerprint density at radius 2 is 1.52 bits per heavy atom. The minimum absolute atomic E-state index is 0. The van der Waals surface area contributed by atoms with Crippen molar-refractivity contribution in [1.29, 1.82) is 0 Å². The van der Waals surface area contributed by atoms with Crippen LogP contribution in [0.4, 0.5) is 0 Å². The molecule has 0 aromatic heterocycles. The van der Waals surface area contributed by atoms with Crippen molar-refractivity contribution in [3.05, 3.63) is 0 Å². The number of hydrogen-bond acceptors (Lipinski definition) is 2. The molecule has 0 heterocycles. The molecule has 0 aromatic rings. The number of esters is 1. The topological polar surface area (TPSA) is 26.3 Å². The molecular weight excluding hydrogens is 347 g/mol. The SMILES string of the molecule is CCCCCCCCC(CCC)OC(=O)C(C)[As](C)C.Cl. The van der Waals surface area contributed by atoms with E-state index in [2.05, 4.69) is 25.3 Å². The molecule has 0 amide bonds. The van der Waals surface area contributed by atoms with E-state index in [9.17, 15) is 4.79 Å². The third kappa shape index (κ3) is 12.5. The van der Waals surface area contributed by atoms with Crippen LogP contribution in [-0.2, 0) is 9.53 Å². The first-order chi connectivity index (χ1) is 9.52. The van der Waals surface area contributed by atoms with Gasteiger partial charge in [-0.3, -0.25) is 0 Å². The van der Waals surface area contributed by atoms with Gasteiger partial charge in [0.05, 0.1) is 0 Å². The molecule has 0 spiro atoms. The molecule has 0 bridgehead atoms. The van der Waals surface area contributed by atoms with Gasteiger partial charge in [-0.2, -0.15) is 0 Å². The van der Waals surface area contributed by atoms with Crippen LogP contribution in [0.2, 0.25) is 16.1 Å². The van der Waals surface area contributed by atoms with Crippen molar-refractivity contribution in [3.8, 4) is 0 Å². The maximum Gasteiger partial charge on any atom is -0.147 e. The molecule has 2 atom stereocenters. The van der Waals surface area contributed by atoms with Gasteiger partial charge in [0.25, 0.3) is 0 Å². The van der Waals surface area contributed by atoms with Crippen LogP contribution in [-0.4, -0.2) is 26.7 Å². The molecule has 0 aliphatic heterocycles. The van der Waals surface area contributed by atoms with E-state index in [1.165, 1.54) is 38.5 Å². The van der Waals surface area contributed by atoms with Crippen LogP contribution >= 0.6 is 12.4 Å². The van der Waals surface area contributed by atoms with Gasteiger partial charge in [-0.05, 0) is 0 Å². The summed E-state index contributed by atoms with van der Waals surface area (Å²) in [5, 5.41) is 0. The van der Waals surface area contributed by atoms with Crippen molar-refractivity contribution in [1.82, 2.24) is 0 Å². The minimum Gasteiger partial charge on any atom is -0.147 e. The predicted octanol–water partition coefficient (Wildman–Crippen LogP) is 6.02. The van der Waals surface area contributed by atoms with Crippen LogP contribution in [0.25, 0.3) is 0 Å². The van der Waals surface area contributed by atoms with Crippen LogP contribution in [0.5, 0.6) is 0 Å². The average molecular weight is 383 g/mol. The van der Waals surface area contributed by atoms with Gasteiger partial charge < -0.3 is 0 Å². The van der Waals surface area contributed by atoms with E-state index in [-0.39, 0.29) is 29.2 Å². The van der Waals surface area contributed by atoms with Gasteiger partial charge in [0.15, 0.2) is 0 Å². The molecule has 0 saturated heterocycles. The number of carbonyl (C=O) groups is 1. The molecular formula is C17H36AsClO2. The monoisotopic (exact) mass is 382 g/mol. The summed E-state index contributed by atoms with van der Waals surface area (Å²) in [5.74, 6) is 0.0550. The zero-order valence-electron chi connectivity index (χ0n) is 14.7. The average Bonchev–Trinajstić information content (AvgIpc) is 2.41. The molecule has 0 fully saturated rings. The van der Waals surface area contributed by atoms with Crippen molar-refractivity contribution < 1.29 is 9.53 Å². The van der Waals surface area contributed by atoms with E-state index in [1.54, 1.807) is 0 Å². The van der Waals surface area contributed by atoms with Gasteiger partial charge in [-0.1, -0.05) is 0 Å². The fourth-order valence-electron chi connectivity index (χ4n) is 2.21. The number of carbonyl (C=O) groups excluding carboxylic acids is 1. The second-order valence-corrected chi connectivity index (χ2v) is 11.7. The van der Waals surface area contributed by atoms with E-state index >= 15 is 0 Å². The molecule has 21 heavy (non-hydrogen) atoms. The van der Waals surface area contributed by atoms with Crippen LogP contribution in [0.15, 0.2) is 0 Å². The van der Waals surface area contributed by atoms with Crippen LogP contribution < -0.4 is 0 Å². The molecule has 2 unspecified atom stereocenters. The molecule has 128 valence electrons. The van der Waals surface area contributed by atoms with Gasteiger partial charge in [0, 0.05) is 0 Å². The third-order valence-electron chi connectivity index (χ3n) is 3.89. The standard InChI is InChI=1S/C17H35AsO2.ClH/c1-6-8-9-10-11-12-14-16(13-7-2)20-17(19)15(3)18(4)5;/h15-16H,6-14H2,1-5H3;1H. The summed E-state index contributed by atoms with van der Waals surface area (Å²) < 4.78 is 5.90. The first-order valence-electron chi connectivity index (χ1n) is 8.39. The van der Waals surface area contributed by atoms with Crippen molar-refractivity contribution in [3.63, 3.8) is 0 Å². The van der Waals surface area contributed by atoms with Crippen molar-refractivity contribution >= 4 is 33.0 Å². The molecule has 0 saturated carbocycles. The zero-order chi connectivity index (χ0) is 15.4. The van der Waals surface area contributed by atoms with Gasteiger partial charge in [0.2, 0.25) is 0 Å². The Hall–Kier alpha value is 0.318. The maximum absolute atomic E-state index is 12.1. The first-order valence-corrected chi connectivity index (χ1v) is 13.2. The van der Waals surface area contributed by atoms with Gasteiger partial charge in [-0.25, -0.2) is 0 Å². The van der Waals surface area contributed by atoms with Gasteiger partial charge >= 0.3 is 131 Å². The summed E-state index contributed by atoms with van der Waals surface area (Å²) in [6.45, 7) is 6.45. The van der Waals surface area contributed by atoms with E-state index in [0.29, 0.717) is 0 Å². The molecule has 2 nitrogen and oxygen atoms in total. The zero-order valence-corrected chi connectivity index (χ0v) is 17.4. The van der Waals surface area contributed by atoms with E-state index in [4.69, 9.17) is 4.74 Å². The summed E-state index contributed by atoms with van der Waals surface area (Å²) in [5.41, 5.74) is 4.45. The van der Waals surface area contributed by atoms with Crippen LogP contribution in [0.3, 0.4) is 0 Å². The molecule has 0 aliphatic carbocycles. The van der Waals surface area contributed by atoms with Crippen LogP contribution in [0, 0.1) is 0 Å². The van der Waals surface area contributed by atoms with Crippen molar-refractivity contribution in [2.45, 2.75) is 101 Å². The number of rotatable bonds is 12. The number of hydrogen-bond donors (Lipinski definition) is 0. The maximum atomic E-state index is 12.1. The molecule has 0 aromatic carbocycles. The van der Waals surface area contributed by atoms with Crippen LogP contribution in [0.1, 0.15) is 78.6 Å². The Kier molecular flexibility index (Phi) is 17.1. The Labute approximate surface area is 143 Å². The first kappa shape index (κ1) is 23.6. The largest absolute Gasteiger partial charge is 0.147 e. The Morgan fingerprint density at radius 1 is 0.952 bits per heavy atom. The third-order valence-corrected chi connectivity index (χ3v) is 7.58. The molecule has 0 aliphatic rings. The summed E-state index contributed by atoms with van der Waals surface area (Å²) in [4.78, 5) is 12.1. The predicted molar refractivity (Wildman–Crippen MR) is 96.9 cm³/mol. The Morgan fingerprint density at radius 3 is 2.05 bits per heavy atom. The summed E-state index contributed by atoms with van der Waals surface area (Å²) in [7, 11) is 0. The minimum atomic E-state index is -0.986. The van der Waals surface area contributed by atoms with Crippen molar-refractivity contribution in [2.75, 3.05) is 0 Å².